The van der Waals surface area contributed by atoms with Gasteiger partial charge in [-0.2, -0.15) is 9.37 Å². The van der Waals surface area contributed by atoms with Crippen LogP contribution in [0.3, 0.4) is 0 Å². The highest BCUT2D eigenvalue weighted by molar-refractivity contribution is 5.97. The second-order valence-electron chi connectivity index (χ2n) is 7.88. The summed E-state index contributed by atoms with van der Waals surface area (Å²) in [4.78, 5) is 43.1. The van der Waals surface area contributed by atoms with Crippen molar-refractivity contribution in [1.29, 1.82) is 0 Å². The van der Waals surface area contributed by atoms with Crippen molar-refractivity contribution in [2.45, 2.75) is 38.1 Å². The summed E-state index contributed by atoms with van der Waals surface area (Å²) in [5.74, 6) is -0.676. The Morgan fingerprint density at radius 3 is 2.79 bits per heavy atom. The van der Waals surface area contributed by atoms with E-state index in [0.717, 1.165) is 36.9 Å². The Morgan fingerprint density at radius 1 is 1.15 bits per heavy atom. The number of fused-ring (bicyclic) bond motifs is 1. The van der Waals surface area contributed by atoms with E-state index in [-0.39, 0.29) is 17.7 Å². The number of hydrogen-bond acceptors (Lipinski definition) is 9. The molecular formula is C21H21FN8O3. The lowest BCUT2D eigenvalue weighted by molar-refractivity contribution is -0.117. The highest BCUT2D eigenvalue weighted by atomic mass is 19.1. The molecule has 5 rings (SSSR count). The van der Waals surface area contributed by atoms with Crippen LogP contribution in [0.15, 0.2) is 28.9 Å². The highest BCUT2D eigenvalue weighted by Crippen LogP contribution is 2.32. The lowest BCUT2D eigenvalue weighted by Gasteiger charge is -2.25. The number of hydrogen-bond donors (Lipinski definition) is 3. The maximum atomic E-state index is 13.1. The number of aromatic nitrogens is 4. The number of primary amides is 1. The predicted octanol–water partition coefficient (Wildman–Crippen LogP) is 1.94. The number of oxazole rings is 1. The van der Waals surface area contributed by atoms with Crippen LogP contribution in [-0.2, 0) is 17.6 Å². The van der Waals surface area contributed by atoms with Crippen LogP contribution < -0.4 is 21.3 Å². The Kier molecular flexibility index (Phi) is 5.32. The Bertz CT molecular complexity index is 1210. The number of rotatable bonds is 6. The van der Waals surface area contributed by atoms with Gasteiger partial charge in [0.05, 0.1) is 23.8 Å². The van der Waals surface area contributed by atoms with Gasteiger partial charge in [-0.3, -0.25) is 14.9 Å². The fraction of sp³-hybridized carbons (Fsp3) is 0.333. The Labute approximate surface area is 187 Å². The minimum atomic E-state index is -0.716. The van der Waals surface area contributed by atoms with Crippen molar-refractivity contribution in [3.8, 4) is 0 Å². The lowest BCUT2D eigenvalue weighted by atomic mass is 10.2. The van der Waals surface area contributed by atoms with Crippen LogP contribution in [0.2, 0.25) is 0 Å². The normalized spacial score (nSPS) is 17.1. The Morgan fingerprint density at radius 2 is 2.03 bits per heavy atom. The summed E-state index contributed by atoms with van der Waals surface area (Å²) < 4.78 is 18.4. The van der Waals surface area contributed by atoms with Crippen molar-refractivity contribution < 1.29 is 18.4 Å². The van der Waals surface area contributed by atoms with Crippen molar-refractivity contribution in [2.24, 2.45) is 5.73 Å². The van der Waals surface area contributed by atoms with Gasteiger partial charge in [-0.1, -0.05) is 0 Å². The van der Waals surface area contributed by atoms with Gasteiger partial charge in [0, 0.05) is 12.1 Å². The largest absolute Gasteiger partial charge is 0.418 e. The van der Waals surface area contributed by atoms with Crippen molar-refractivity contribution in [2.75, 3.05) is 22.1 Å². The van der Waals surface area contributed by atoms with Gasteiger partial charge in [-0.15, -0.1) is 0 Å². The molecule has 0 aromatic carbocycles. The van der Waals surface area contributed by atoms with Crippen LogP contribution in [0, 0.1) is 5.95 Å². The third kappa shape index (κ3) is 4.19. The summed E-state index contributed by atoms with van der Waals surface area (Å²) in [5, 5.41) is 5.81. The molecule has 3 aromatic heterocycles. The third-order valence-electron chi connectivity index (χ3n) is 5.70. The number of amides is 2. The van der Waals surface area contributed by atoms with Gasteiger partial charge in [0.2, 0.25) is 23.6 Å². The summed E-state index contributed by atoms with van der Waals surface area (Å²) in [6.45, 7) is 0.614. The van der Waals surface area contributed by atoms with Gasteiger partial charge >= 0.3 is 6.01 Å². The van der Waals surface area contributed by atoms with Crippen molar-refractivity contribution in [1.82, 2.24) is 19.9 Å². The van der Waals surface area contributed by atoms with Gasteiger partial charge in [-0.25, -0.2) is 15.0 Å². The van der Waals surface area contributed by atoms with Gasteiger partial charge in [-0.05, 0) is 44.2 Å². The van der Waals surface area contributed by atoms with Crippen molar-refractivity contribution in [3.05, 3.63) is 47.5 Å². The zero-order chi connectivity index (χ0) is 22.9. The molecular weight excluding hydrogens is 431 g/mol. The molecule has 0 radical (unpaired) electrons. The highest BCUT2D eigenvalue weighted by Gasteiger charge is 2.34. The first kappa shape index (κ1) is 20.8. The molecule has 12 heteroatoms. The van der Waals surface area contributed by atoms with Gasteiger partial charge in [0.25, 0.3) is 5.91 Å². The SMILES string of the molecule is NC(=O)c1cnc(Nc2nc(N3CCC[C@@H]3C(=O)Nc3ccc(F)nc3)nc3c2CCC3)o1. The van der Waals surface area contributed by atoms with Gasteiger partial charge in [0.15, 0.2) is 0 Å². The molecule has 3 aromatic rings. The summed E-state index contributed by atoms with van der Waals surface area (Å²) in [6.07, 6.45) is 6.47. The maximum absolute atomic E-state index is 13.1. The van der Waals surface area contributed by atoms with E-state index in [1.165, 1.54) is 24.5 Å². The molecule has 0 spiro atoms. The molecule has 0 bridgehead atoms. The average molecular weight is 452 g/mol. The number of nitrogens with zero attached hydrogens (tertiary/aromatic N) is 5. The number of nitrogens with two attached hydrogens (primary N) is 1. The molecule has 4 heterocycles. The summed E-state index contributed by atoms with van der Waals surface area (Å²) in [5.41, 5.74) is 7.50. The van der Waals surface area contributed by atoms with E-state index in [2.05, 4.69) is 25.6 Å². The van der Waals surface area contributed by atoms with Crippen LogP contribution in [0.1, 0.15) is 41.1 Å². The number of halogens is 1. The fourth-order valence-corrected chi connectivity index (χ4v) is 4.15. The number of pyridine rings is 1. The quantitative estimate of drug-likeness (QED) is 0.476. The molecule has 1 aliphatic heterocycles. The van der Waals surface area contributed by atoms with Gasteiger partial charge in [0.1, 0.15) is 11.9 Å². The number of carbonyl (C=O) groups excluding carboxylic acids is 2. The number of anilines is 4. The molecule has 1 saturated heterocycles. The molecule has 4 N–H and O–H groups in total. The van der Waals surface area contributed by atoms with Crippen molar-refractivity contribution in [3.63, 3.8) is 0 Å². The first-order chi connectivity index (χ1) is 16.0. The zero-order valence-electron chi connectivity index (χ0n) is 17.5. The topological polar surface area (TPSA) is 152 Å². The molecule has 2 aliphatic rings. The maximum Gasteiger partial charge on any atom is 0.301 e. The molecule has 170 valence electrons. The van der Waals surface area contributed by atoms with E-state index in [1.807, 2.05) is 4.90 Å². The second kappa shape index (κ2) is 8.45. The van der Waals surface area contributed by atoms with Crippen LogP contribution >= 0.6 is 0 Å². The minimum Gasteiger partial charge on any atom is -0.418 e. The van der Waals surface area contributed by atoms with Crippen LogP contribution in [-0.4, -0.2) is 44.3 Å². The number of carbonyl (C=O) groups is 2. The summed E-state index contributed by atoms with van der Waals surface area (Å²) in [7, 11) is 0. The Balaban J connectivity index is 1.40. The van der Waals surface area contributed by atoms with E-state index in [0.29, 0.717) is 30.4 Å². The van der Waals surface area contributed by atoms with Crippen LogP contribution in [0.5, 0.6) is 0 Å². The summed E-state index contributed by atoms with van der Waals surface area (Å²) in [6, 6.07) is 2.27. The molecule has 2 amide bonds. The number of aryl methyl sites for hydroxylation is 1. The molecule has 0 unspecified atom stereocenters. The molecule has 0 saturated carbocycles. The molecule has 33 heavy (non-hydrogen) atoms. The van der Waals surface area contributed by atoms with Crippen LogP contribution in [0.25, 0.3) is 0 Å². The van der Waals surface area contributed by atoms with Crippen molar-refractivity contribution >= 4 is 35.3 Å². The standard InChI is InChI=1S/C21H21FN8O3/c22-16-7-6-11(9-24-16)26-19(32)14-5-2-8-30(14)20-27-13-4-1-3-12(13)18(28-20)29-21-25-10-15(33-21)17(23)31/h6-7,9-10,14H,1-5,8H2,(H2,23,31)(H,26,32)(H,25,27,28,29)/t14-/m1/s1. The van der Waals surface area contributed by atoms with E-state index in [4.69, 9.17) is 15.1 Å². The Hall–Kier alpha value is -4.09. The molecule has 11 nitrogen and oxygen atoms in total. The second-order valence-corrected chi connectivity index (χ2v) is 7.88. The molecule has 1 aliphatic carbocycles. The summed E-state index contributed by atoms with van der Waals surface area (Å²) >= 11 is 0. The molecule has 1 fully saturated rings. The number of nitrogens with one attached hydrogen (secondary N) is 2. The first-order valence-corrected chi connectivity index (χ1v) is 10.6. The van der Waals surface area contributed by atoms with Crippen LogP contribution in [0.4, 0.5) is 27.9 Å². The van der Waals surface area contributed by atoms with E-state index in [1.54, 1.807) is 0 Å². The average Bonchev–Trinajstić information content (AvgIpc) is 3.55. The first-order valence-electron chi connectivity index (χ1n) is 10.6. The monoisotopic (exact) mass is 452 g/mol. The lowest BCUT2D eigenvalue weighted by Crippen LogP contribution is -2.40. The van der Waals surface area contributed by atoms with E-state index in [9.17, 15) is 14.0 Å². The van der Waals surface area contributed by atoms with E-state index < -0.39 is 17.9 Å². The van der Waals surface area contributed by atoms with Gasteiger partial charge < -0.3 is 20.4 Å². The smallest absolute Gasteiger partial charge is 0.301 e. The third-order valence-corrected chi connectivity index (χ3v) is 5.70. The fourth-order valence-electron chi connectivity index (χ4n) is 4.15. The predicted molar refractivity (Wildman–Crippen MR) is 116 cm³/mol. The minimum absolute atomic E-state index is 0.0602. The van der Waals surface area contributed by atoms with E-state index >= 15 is 0 Å². The zero-order valence-corrected chi connectivity index (χ0v) is 17.5. The molecule has 1 atom stereocenters.